The van der Waals surface area contributed by atoms with Crippen LogP contribution in [-0.4, -0.2) is 45.3 Å². The van der Waals surface area contributed by atoms with E-state index in [-0.39, 0.29) is 27.6 Å². The number of para-hydroxylation sites is 1. The van der Waals surface area contributed by atoms with Gasteiger partial charge in [-0.2, -0.15) is 0 Å². The molecule has 0 radical (unpaired) electrons. The van der Waals surface area contributed by atoms with Crippen molar-refractivity contribution in [2.24, 2.45) is 5.73 Å². The van der Waals surface area contributed by atoms with Gasteiger partial charge in [0.05, 0.1) is 28.8 Å². The lowest BCUT2D eigenvalue weighted by Crippen LogP contribution is -2.35. The summed E-state index contributed by atoms with van der Waals surface area (Å²) in [7, 11) is -2.64. The fourth-order valence-corrected chi connectivity index (χ4v) is 4.38. The number of likely N-dealkylation sites (tertiary alicyclic amines) is 1. The van der Waals surface area contributed by atoms with Crippen LogP contribution in [0.5, 0.6) is 5.75 Å². The van der Waals surface area contributed by atoms with E-state index in [2.05, 4.69) is 4.72 Å². The Balaban J connectivity index is 1.96. The number of rotatable bonds is 6. The molecule has 0 aliphatic carbocycles. The smallest absolute Gasteiger partial charge is 0.261 e. The van der Waals surface area contributed by atoms with Crippen LogP contribution in [0.25, 0.3) is 0 Å². The first kappa shape index (κ1) is 20.7. The van der Waals surface area contributed by atoms with E-state index in [4.69, 9.17) is 10.5 Å². The molecule has 0 bridgehead atoms. The third-order valence-electron chi connectivity index (χ3n) is 4.79. The molecule has 2 aromatic carbocycles. The summed E-state index contributed by atoms with van der Waals surface area (Å²) in [5.41, 5.74) is 5.62. The van der Waals surface area contributed by atoms with Gasteiger partial charge in [0.25, 0.3) is 21.8 Å². The highest BCUT2D eigenvalue weighted by molar-refractivity contribution is 7.92. The number of amides is 2. The number of sulfonamides is 1. The summed E-state index contributed by atoms with van der Waals surface area (Å²) in [6.07, 6.45) is 2.90. The molecule has 8 nitrogen and oxygen atoms in total. The fraction of sp³-hybridized carbons (Fsp3) is 0.300. The number of nitrogens with one attached hydrogen (secondary N) is 1. The Morgan fingerprint density at radius 1 is 1.03 bits per heavy atom. The van der Waals surface area contributed by atoms with Crippen LogP contribution in [0.3, 0.4) is 0 Å². The summed E-state index contributed by atoms with van der Waals surface area (Å²) in [5.74, 6) is -0.716. The number of methoxy groups -OCH3 is 1. The Kier molecular flexibility index (Phi) is 6.07. The van der Waals surface area contributed by atoms with Crippen LogP contribution in [0.2, 0.25) is 0 Å². The van der Waals surface area contributed by atoms with Crippen LogP contribution in [-0.2, 0) is 10.0 Å². The maximum absolute atomic E-state index is 12.9. The van der Waals surface area contributed by atoms with Gasteiger partial charge in [0, 0.05) is 13.1 Å². The van der Waals surface area contributed by atoms with E-state index in [1.165, 1.54) is 37.4 Å². The molecular weight excluding hydrogens is 394 g/mol. The normalized spacial score (nSPS) is 14.3. The van der Waals surface area contributed by atoms with Crippen molar-refractivity contribution < 1.29 is 22.7 Å². The van der Waals surface area contributed by atoms with Gasteiger partial charge in [-0.05, 0) is 49.6 Å². The van der Waals surface area contributed by atoms with Gasteiger partial charge in [-0.3, -0.25) is 14.3 Å². The maximum atomic E-state index is 12.9. The number of nitrogens with two attached hydrogens (primary N) is 1. The minimum atomic E-state index is -4.07. The van der Waals surface area contributed by atoms with E-state index in [9.17, 15) is 18.0 Å². The predicted molar refractivity (Wildman–Crippen MR) is 109 cm³/mol. The molecule has 1 aliphatic rings. The number of hydrogen-bond donors (Lipinski definition) is 2. The second-order valence-corrected chi connectivity index (χ2v) is 8.41. The van der Waals surface area contributed by atoms with Crippen LogP contribution in [0.15, 0.2) is 47.4 Å². The predicted octanol–water partition coefficient (Wildman–Crippen LogP) is 2.22. The Bertz CT molecular complexity index is 1030. The van der Waals surface area contributed by atoms with Crippen molar-refractivity contribution in [2.45, 2.75) is 24.2 Å². The first-order valence-corrected chi connectivity index (χ1v) is 10.7. The van der Waals surface area contributed by atoms with Crippen molar-refractivity contribution in [3.63, 3.8) is 0 Å². The molecule has 1 aliphatic heterocycles. The SMILES string of the molecule is COc1ccc(S(=O)(=O)Nc2ccccc2C(N)=O)cc1C(=O)N1CCCCC1. The van der Waals surface area contributed by atoms with Crippen molar-refractivity contribution in [2.75, 3.05) is 24.9 Å². The van der Waals surface area contributed by atoms with Crippen LogP contribution >= 0.6 is 0 Å². The fourth-order valence-electron chi connectivity index (χ4n) is 3.28. The van der Waals surface area contributed by atoms with E-state index in [0.29, 0.717) is 18.8 Å². The number of ether oxygens (including phenoxy) is 1. The number of nitrogens with zero attached hydrogens (tertiary/aromatic N) is 1. The highest BCUT2D eigenvalue weighted by Gasteiger charge is 2.25. The van der Waals surface area contributed by atoms with Crippen LogP contribution in [0, 0.1) is 0 Å². The molecule has 2 aromatic rings. The molecule has 3 rings (SSSR count). The summed E-state index contributed by atoms with van der Waals surface area (Å²) < 4.78 is 33.4. The van der Waals surface area contributed by atoms with E-state index in [1.54, 1.807) is 17.0 Å². The van der Waals surface area contributed by atoms with Gasteiger partial charge >= 0.3 is 0 Å². The van der Waals surface area contributed by atoms with Crippen molar-refractivity contribution in [1.29, 1.82) is 0 Å². The summed E-state index contributed by atoms with van der Waals surface area (Å²) in [5, 5.41) is 0. The van der Waals surface area contributed by atoms with E-state index < -0.39 is 15.9 Å². The van der Waals surface area contributed by atoms with Gasteiger partial charge in [0.2, 0.25) is 0 Å². The first-order chi connectivity index (χ1) is 13.8. The second kappa shape index (κ2) is 8.52. The molecule has 9 heteroatoms. The Hall–Kier alpha value is -3.07. The molecule has 2 amide bonds. The lowest BCUT2D eigenvalue weighted by Gasteiger charge is -2.27. The zero-order chi connectivity index (χ0) is 21.0. The van der Waals surface area contributed by atoms with Crippen molar-refractivity contribution in [3.05, 3.63) is 53.6 Å². The van der Waals surface area contributed by atoms with Gasteiger partial charge in [-0.15, -0.1) is 0 Å². The van der Waals surface area contributed by atoms with Gasteiger partial charge in [-0.1, -0.05) is 12.1 Å². The summed E-state index contributed by atoms with van der Waals surface area (Å²) >= 11 is 0. The van der Waals surface area contributed by atoms with Crippen LogP contribution in [0.4, 0.5) is 5.69 Å². The molecule has 3 N–H and O–H groups in total. The second-order valence-electron chi connectivity index (χ2n) is 6.73. The lowest BCUT2D eigenvalue weighted by molar-refractivity contribution is 0.0720. The van der Waals surface area contributed by atoms with E-state index >= 15 is 0 Å². The number of carbonyl (C=O) groups excluding carboxylic acids is 2. The minimum absolute atomic E-state index is 0.0502. The minimum Gasteiger partial charge on any atom is -0.496 e. The van der Waals surface area contributed by atoms with E-state index in [0.717, 1.165) is 19.3 Å². The molecule has 1 fully saturated rings. The van der Waals surface area contributed by atoms with Gasteiger partial charge in [0.15, 0.2) is 0 Å². The Labute approximate surface area is 169 Å². The molecule has 1 heterocycles. The maximum Gasteiger partial charge on any atom is 0.261 e. The third-order valence-corrected chi connectivity index (χ3v) is 6.15. The Morgan fingerprint density at radius 3 is 2.38 bits per heavy atom. The van der Waals surface area contributed by atoms with E-state index in [1.807, 2.05) is 0 Å². The first-order valence-electron chi connectivity index (χ1n) is 9.22. The zero-order valence-electron chi connectivity index (χ0n) is 16.1. The van der Waals surface area contributed by atoms with Gasteiger partial charge in [0.1, 0.15) is 5.75 Å². The quantitative estimate of drug-likeness (QED) is 0.747. The molecule has 0 aromatic heterocycles. The molecule has 29 heavy (non-hydrogen) atoms. The number of benzene rings is 2. The van der Waals surface area contributed by atoms with Crippen molar-refractivity contribution >= 4 is 27.5 Å². The van der Waals surface area contributed by atoms with Gasteiger partial charge < -0.3 is 15.4 Å². The van der Waals surface area contributed by atoms with Crippen LogP contribution < -0.4 is 15.2 Å². The van der Waals surface area contributed by atoms with Crippen molar-refractivity contribution in [3.8, 4) is 5.75 Å². The summed E-state index contributed by atoms with van der Waals surface area (Å²) in [6.45, 7) is 1.26. The molecular formula is C20H23N3O5S. The molecule has 0 spiro atoms. The molecule has 0 unspecified atom stereocenters. The zero-order valence-corrected chi connectivity index (χ0v) is 16.9. The Morgan fingerprint density at radius 2 is 1.72 bits per heavy atom. The number of piperidine rings is 1. The number of hydrogen-bond acceptors (Lipinski definition) is 5. The monoisotopic (exact) mass is 417 g/mol. The van der Waals surface area contributed by atoms with Gasteiger partial charge in [-0.25, -0.2) is 8.42 Å². The average Bonchev–Trinajstić information content (AvgIpc) is 2.73. The molecule has 154 valence electrons. The molecule has 0 saturated carbocycles. The summed E-state index contributed by atoms with van der Waals surface area (Å²) in [6, 6.07) is 10.1. The lowest BCUT2D eigenvalue weighted by atomic mass is 10.1. The molecule has 0 atom stereocenters. The number of primary amides is 1. The topological polar surface area (TPSA) is 119 Å². The highest BCUT2D eigenvalue weighted by Crippen LogP contribution is 2.27. The van der Waals surface area contributed by atoms with Crippen molar-refractivity contribution in [1.82, 2.24) is 4.90 Å². The third kappa shape index (κ3) is 4.51. The standard InChI is InChI=1S/C20H23N3O5S/c1-28-18-10-9-14(13-16(18)20(25)23-11-5-2-6-12-23)29(26,27)22-17-8-4-3-7-15(17)19(21)24/h3-4,7-10,13,22H,2,5-6,11-12H2,1H3,(H2,21,24). The number of carbonyl (C=O) groups is 2. The largest absolute Gasteiger partial charge is 0.496 e. The average molecular weight is 417 g/mol. The summed E-state index contributed by atoms with van der Waals surface area (Å²) in [4.78, 5) is 26.1. The molecule has 1 saturated heterocycles. The highest BCUT2D eigenvalue weighted by atomic mass is 32.2. The number of anilines is 1. The van der Waals surface area contributed by atoms with Crippen LogP contribution in [0.1, 0.15) is 40.0 Å².